The average molecular weight is 334 g/mol. The van der Waals surface area contributed by atoms with E-state index >= 15 is 0 Å². The van der Waals surface area contributed by atoms with E-state index < -0.39 is 28.9 Å². The van der Waals surface area contributed by atoms with Gasteiger partial charge < -0.3 is 0 Å². The van der Waals surface area contributed by atoms with Gasteiger partial charge in [0.1, 0.15) is 6.04 Å². The van der Waals surface area contributed by atoms with Crippen molar-refractivity contribution >= 4 is 18.2 Å². The number of aromatic nitrogens is 3. The molecule has 2 heterocycles. The Kier molecular flexibility index (Phi) is 4.76. The smallest absolute Gasteiger partial charge is 0.259 e. The van der Waals surface area contributed by atoms with Crippen molar-refractivity contribution in [3.63, 3.8) is 0 Å². The molecule has 12 heteroatoms. The number of isocyanates is 3. The zero-order valence-corrected chi connectivity index (χ0v) is 12.1. The number of hydrogen-bond acceptors (Lipinski definition) is 9. The van der Waals surface area contributed by atoms with Crippen LogP contribution >= 0.6 is 0 Å². The molecule has 0 fully saturated rings. The third-order valence-corrected chi connectivity index (χ3v) is 3.60. The first-order valence-corrected chi connectivity index (χ1v) is 6.73. The molecular weight excluding hydrogens is 324 g/mol. The van der Waals surface area contributed by atoms with Crippen LogP contribution in [0, 0.1) is 0 Å². The monoisotopic (exact) mass is 334 g/mol. The summed E-state index contributed by atoms with van der Waals surface area (Å²) in [5.41, 5.74) is -3.39. The molecule has 0 spiro atoms. The van der Waals surface area contributed by atoms with E-state index in [4.69, 9.17) is 0 Å². The van der Waals surface area contributed by atoms with Crippen molar-refractivity contribution in [2.75, 3.05) is 0 Å². The quantitative estimate of drug-likeness (QED) is 0.489. The van der Waals surface area contributed by atoms with E-state index in [1.807, 2.05) is 4.98 Å². The molecule has 0 saturated carbocycles. The fourth-order valence-electron chi connectivity index (χ4n) is 2.57. The molecule has 0 saturated heterocycles. The summed E-state index contributed by atoms with van der Waals surface area (Å²) in [6, 6.07) is -1.36. The van der Waals surface area contributed by atoms with Crippen LogP contribution in [0.4, 0.5) is 0 Å². The predicted molar refractivity (Wildman–Crippen MR) is 75.6 cm³/mol. The Bertz CT molecular complexity index is 949. The SMILES string of the molecule is O=C=NC1CCCCn2c(=O)[nH]c(=O)n(c2=O)C1(N=C=O)N=C=O. The standard InChI is InChI=1S/C12H10N6O6/c19-5-13-8-3-1-2-4-17-9(22)16-10(23)18(11(17)24)12(8,14-6-20)15-7-21/h8H,1-4H2,(H,16,22,23). The number of nitrogens with one attached hydrogen (secondary N) is 1. The van der Waals surface area contributed by atoms with Crippen LogP contribution in [0.5, 0.6) is 0 Å². The zero-order valence-electron chi connectivity index (χ0n) is 12.1. The minimum absolute atomic E-state index is 0.0301. The molecule has 1 aromatic heterocycles. The van der Waals surface area contributed by atoms with Gasteiger partial charge in [0.25, 0.3) is 5.79 Å². The number of aromatic amines is 1. The summed E-state index contributed by atoms with van der Waals surface area (Å²) in [5, 5.41) is 0. The van der Waals surface area contributed by atoms with Crippen molar-refractivity contribution in [1.82, 2.24) is 14.1 Å². The number of carbonyl (C=O) groups excluding carboxylic acids is 3. The highest BCUT2D eigenvalue weighted by molar-refractivity contribution is 5.40. The third kappa shape index (κ3) is 2.64. The molecule has 2 rings (SSSR count). The maximum atomic E-state index is 12.5. The Labute approximate surface area is 131 Å². The lowest BCUT2D eigenvalue weighted by Crippen LogP contribution is -2.58. The van der Waals surface area contributed by atoms with Gasteiger partial charge in [-0.1, -0.05) is 0 Å². The van der Waals surface area contributed by atoms with E-state index in [-0.39, 0.29) is 17.5 Å². The second-order valence-electron chi connectivity index (χ2n) is 4.83. The van der Waals surface area contributed by atoms with Gasteiger partial charge in [-0.15, -0.1) is 9.98 Å². The van der Waals surface area contributed by atoms with E-state index in [2.05, 4.69) is 15.0 Å². The average Bonchev–Trinajstić information content (AvgIpc) is 2.55. The van der Waals surface area contributed by atoms with E-state index in [1.165, 1.54) is 6.08 Å². The summed E-state index contributed by atoms with van der Waals surface area (Å²) in [7, 11) is 0. The maximum Gasteiger partial charge on any atom is 0.340 e. The molecule has 1 atom stereocenters. The molecule has 0 radical (unpaired) electrons. The minimum Gasteiger partial charge on any atom is -0.259 e. The lowest BCUT2D eigenvalue weighted by molar-refractivity contribution is 0.218. The number of rotatable bonds is 3. The first-order chi connectivity index (χ1) is 11.5. The van der Waals surface area contributed by atoms with E-state index in [1.54, 1.807) is 0 Å². The van der Waals surface area contributed by atoms with Gasteiger partial charge in [-0.3, -0.25) is 4.98 Å². The Morgan fingerprint density at radius 1 is 1.00 bits per heavy atom. The Balaban J connectivity index is 3.07. The summed E-state index contributed by atoms with van der Waals surface area (Å²) in [5.74, 6) is -2.51. The van der Waals surface area contributed by atoms with Crippen LogP contribution in [0.2, 0.25) is 0 Å². The van der Waals surface area contributed by atoms with Gasteiger partial charge in [0.05, 0.1) is 0 Å². The molecule has 1 N–H and O–H groups in total. The van der Waals surface area contributed by atoms with E-state index in [0.717, 1.165) is 12.2 Å². The first kappa shape index (κ1) is 16.9. The van der Waals surface area contributed by atoms with Crippen molar-refractivity contribution < 1.29 is 14.4 Å². The van der Waals surface area contributed by atoms with Gasteiger partial charge in [-0.2, -0.15) is 9.56 Å². The van der Waals surface area contributed by atoms with Gasteiger partial charge >= 0.3 is 17.1 Å². The molecular formula is C12H10N6O6. The largest absolute Gasteiger partial charge is 0.340 e. The predicted octanol–water partition coefficient (Wildman–Crippen LogP) is -2.13. The zero-order chi connectivity index (χ0) is 17.7. The van der Waals surface area contributed by atoms with Crippen LogP contribution in [0.3, 0.4) is 0 Å². The molecule has 0 aliphatic carbocycles. The third-order valence-electron chi connectivity index (χ3n) is 3.60. The van der Waals surface area contributed by atoms with Crippen LogP contribution in [0.1, 0.15) is 19.3 Å². The molecule has 24 heavy (non-hydrogen) atoms. The summed E-state index contributed by atoms with van der Waals surface area (Å²) in [6.45, 7) is -0.0301. The molecule has 124 valence electrons. The maximum absolute atomic E-state index is 12.5. The molecule has 12 nitrogen and oxygen atoms in total. The number of nitrogens with zero attached hydrogens (tertiary/aromatic N) is 5. The number of H-pyrrole nitrogens is 1. The molecule has 1 aliphatic rings. The van der Waals surface area contributed by atoms with Gasteiger partial charge in [-0.25, -0.2) is 33.3 Å². The van der Waals surface area contributed by atoms with Gasteiger partial charge in [-0.05, 0) is 19.3 Å². The second kappa shape index (κ2) is 6.76. The van der Waals surface area contributed by atoms with E-state index in [9.17, 15) is 28.8 Å². The van der Waals surface area contributed by atoms with Crippen LogP contribution < -0.4 is 17.1 Å². The van der Waals surface area contributed by atoms with Crippen molar-refractivity contribution in [1.29, 1.82) is 0 Å². The van der Waals surface area contributed by atoms with E-state index in [0.29, 0.717) is 17.4 Å². The fraction of sp³-hybridized carbons (Fsp3) is 0.500. The topological polar surface area (TPSA) is 165 Å². The highest BCUT2D eigenvalue weighted by Crippen LogP contribution is 2.28. The normalized spacial score (nSPS) is 22.6. The lowest BCUT2D eigenvalue weighted by Gasteiger charge is -2.27. The minimum atomic E-state index is -2.51. The first-order valence-electron chi connectivity index (χ1n) is 6.73. The van der Waals surface area contributed by atoms with Crippen molar-refractivity contribution in [3.05, 3.63) is 31.5 Å². The summed E-state index contributed by atoms with van der Waals surface area (Å²) in [6.07, 6.45) is 4.15. The molecule has 0 aromatic carbocycles. The number of aliphatic imine (C=N–C) groups is 3. The molecule has 0 amide bonds. The second-order valence-corrected chi connectivity index (χ2v) is 4.83. The Hall–Kier alpha value is -3.45. The Morgan fingerprint density at radius 3 is 2.25 bits per heavy atom. The molecule has 1 aromatic rings. The van der Waals surface area contributed by atoms with Gasteiger partial charge in [0.15, 0.2) is 0 Å². The fourth-order valence-corrected chi connectivity index (χ4v) is 2.57. The van der Waals surface area contributed by atoms with Crippen LogP contribution in [-0.4, -0.2) is 38.4 Å². The summed E-state index contributed by atoms with van der Waals surface area (Å²) < 4.78 is 0.977. The number of hydrogen-bond donors (Lipinski definition) is 1. The summed E-state index contributed by atoms with van der Waals surface area (Å²) in [4.78, 5) is 80.7. The lowest BCUT2D eigenvalue weighted by atomic mass is 10.0. The highest BCUT2D eigenvalue weighted by atomic mass is 16.2. The van der Waals surface area contributed by atoms with Crippen LogP contribution in [0.15, 0.2) is 29.4 Å². The van der Waals surface area contributed by atoms with Crippen LogP contribution in [-0.2, 0) is 26.7 Å². The van der Waals surface area contributed by atoms with Crippen LogP contribution in [0.25, 0.3) is 0 Å². The highest BCUT2D eigenvalue weighted by Gasteiger charge is 2.45. The number of fused-ring (bicyclic) bond motifs is 2. The summed E-state index contributed by atoms with van der Waals surface area (Å²) >= 11 is 0. The molecule has 1 unspecified atom stereocenters. The molecule has 2 bridgehead atoms. The van der Waals surface area contributed by atoms with Gasteiger partial charge in [0.2, 0.25) is 18.2 Å². The Morgan fingerprint density at radius 2 is 1.67 bits per heavy atom. The van der Waals surface area contributed by atoms with Crippen molar-refractivity contribution in [2.45, 2.75) is 37.6 Å². The van der Waals surface area contributed by atoms with Crippen molar-refractivity contribution in [2.24, 2.45) is 15.0 Å². The van der Waals surface area contributed by atoms with Crippen molar-refractivity contribution in [3.8, 4) is 0 Å². The molecule has 1 aliphatic heterocycles. The van der Waals surface area contributed by atoms with Gasteiger partial charge in [0, 0.05) is 6.54 Å².